The second-order valence-electron chi connectivity index (χ2n) is 5.46. The Kier molecular flexibility index (Phi) is 4.20. The first-order valence-electron chi connectivity index (χ1n) is 7.45. The highest BCUT2D eigenvalue weighted by Gasteiger charge is 2.17. The number of hydrogen-bond acceptors (Lipinski definition) is 3. The van der Waals surface area contributed by atoms with Crippen molar-refractivity contribution >= 4 is 11.6 Å². The van der Waals surface area contributed by atoms with Crippen molar-refractivity contribution in [1.82, 2.24) is 0 Å². The molecule has 0 spiro atoms. The van der Waals surface area contributed by atoms with Crippen LogP contribution in [0.5, 0.6) is 5.75 Å². The number of hydrogen-bond donors (Lipinski definition) is 1. The Morgan fingerprint density at radius 3 is 2.48 bits per heavy atom. The first-order valence-corrected chi connectivity index (χ1v) is 7.45. The molecule has 2 aromatic rings. The summed E-state index contributed by atoms with van der Waals surface area (Å²) >= 11 is 0. The van der Waals surface area contributed by atoms with Crippen LogP contribution in [-0.4, -0.2) is 16.7 Å². The van der Waals surface area contributed by atoms with E-state index in [9.17, 15) is 14.7 Å². The van der Waals surface area contributed by atoms with Crippen molar-refractivity contribution in [3.05, 3.63) is 89.0 Å². The highest BCUT2D eigenvalue weighted by Crippen LogP contribution is 2.27. The summed E-state index contributed by atoms with van der Waals surface area (Å²) in [6.45, 7) is 0. The van der Waals surface area contributed by atoms with Gasteiger partial charge in [-0.05, 0) is 17.7 Å². The minimum absolute atomic E-state index is 0.0617. The zero-order chi connectivity index (χ0) is 16.2. The van der Waals surface area contributed by atoms with Crippen LogP contribution in [0.3, 0.4) is 0 Å². The van der Waals surface area contributed by atoms with E-state index in [1.165, 1.54) is 6.08 Å². The van der Waals surface area contributed by atoms with Gasteiger partial charge in [-0.3, -0.25) is 9.59 Å². The smallest absolute Gasteiger partial charge is 0.193 e. The third-order valence-electron chi connectivity index (χ3n) is 3.86. The molecule has 0 amide bonds. The second kappa shape index (κ2) is 6.44. The van der Waals surface area contributed by atoms with Crippen molar-refractivity contribution < 1.29 is 14.7 Å². The third kappa shape index (κ3) is 3.29. The molecular weight excluding hydrogens is 288 g/mol. The maximum Gasteiger partial charge on any atom is 0.193 e. The van der Waals surface area contributed by atoms with E-state index < -0.39 is 0 Å². The van der Waals surface area contributed by atoms with Crippen LogP contribution in [-0.2, 0) is 11.2 Å². The van der Waals surface area contributed by atoms with Crippen LogP contribution in [0, 0.1) is 0 Å². The summed E-state index contributed by atoms with van der Waals surface area (Å²) < 4.78 is 0. The Bertz CT molecular complexity index is 814. The molecule has 3 rings (SSSR count). The van der Waals surface area contributed by atoms with Gasteiger partial charge >= 0.3 is 0 Å². The van der Waals surface area contributed by atoms with Crippen molar-refractivity contribution in [3.8, 4) is 5.75 Å². The number of phenols is 1. The van der Waals surface area contributed by atoms with Gasteiger partial charge in [-0.2, -0.15) is 0 Å². The number of phenolic OH excluding ortho intramolecular Hbond substituents is 1. The summed E-state index contributed by atoms with van der Waals surface area (Å²) in [6.07, 6.45) is 5.90. The molecule has 0 unspecified atom stereocenters. The lowest BCUT2D eigenvalue weighted by atomic mass is 9.91. The fourth-order valence-corrected chi connectivity index (χ4v) is 2.62. The van der Waals surface area contributed by atoms with Crippen LogP contribution in [0.2, 0.25) is 0 Å². The van der Waals surface area contributed by atoms with Gasteiger partial charge in [0.25, 0.3) is 0 Å². The van der Waals surface area contributed by atoms with Gasteiger partial charge in [0.05, 0.1) is 0 Å². The van der Waals surface area contributed by atoms with Gasteiger partial charge < -0.3 is 5.11 Å². The monoisotopic (exact) mass is 304 g/mol. The summed E-state index contributed by atoms with van der Waals surface area (Å²) in [5.74, 6) is 0.0394. The molecule has 1 aliphatic rings. The summed E-state index contributed by atoms with van der Waals surface area (Å²) in [5.41, 5.74) is 2.59. The lowest BCUT2D eigenvalue weighted by Gasteiger charge is -2.13. The molecule has 0 atom stereocenters. The molecule has 2 aromatic carbocycles. The molecule has 0 aliphatic heterocycles. The van der Waals surface area contributed by atoms with Gasteiger partial charge in [0.15, 0.2) is 11.6 Å². The third-order valence-corrected chi connectivity index (χ3v) is 3.86. The van der Waals surface area contributed by atoms with Crippen molar-refractivity contribution in [2.45, 2.75) is 12.8 Å². The standard InChI is InChI=1S/C20H16O3/c21-16-11-9-14(10-12-16)13-18-17(7-4-8-19(18)22)20(23)15-5-2-1-3-6-15/h1-11,22H,12-13H2. The second-order valence-corrected chi connectivity index (χ2v) is 5.46. The highest BCUT2D eigenvalue weighted by molar-refractivity contribution is 6.10. The fourth-order valence-electron chi connectivity index (χ4n) is 2.62. The molecule has 0 fully saturated rings. The van der Waals surface area contributed by atoms with E-state index in [-0.39, 0.29) is 17.3 Å². The van der Waals surface area contributed by atoms with Gasteiger partial charge in [-0.25, -0.2) is 0 Å². The SMILES string of the molecule is O=C1C=CC(Cc2c(O)cccc2C(=O)c2ccccc2)=CC1. The maximum atomic E-state index is 12.7. The normalized spacial score (nSPS) is 13.7. The number of carbonyl (C=O) groups is 2. The van der Waals surface area contributed by atoms with E-state index in [0.717, 1.165) is 5.57 Å². The number of aromatic hydroxyl groups is 1. The zero-order valence-electron chi connectivity index (χ0n) is 12.5. The molecule has 114 valence electrons. The van der Waals surface area contributed by atoms with Crippen LogP contribution in [0.25, 0.3) is 0 Å². The molecule has 0 heterocycles. The minimum Gasteiger partial charge on any atom is -0.508 e. The molecule has 1 N–H and O–H groups in total. The number of rotatable bonds is 4. The molecule has 0 saturated carbocycles. The molecule has 0 bridgehead atoms. The predicted octanol–water partition coefficient (Wildman–Crippen LogP) is 3.62. The van der Waals surface area contributed by atoms with Gasteiger partial charge in [-0.15, -0.1) is 0 Å². The summed E-state index contributed by atoms with van der Waals surface area (Å²) in [6, 6.07) is 14.0. The summed E-state index contributed by atoms with van der Waals surface area (Å²) in [4.78, 5) is 24.0. The van der Waals surface area contributed by atoms with E-state index in [1.54, 1.807) is 36.4 Å². The fraction of sp³-hybridized carbons (Fsp3) is 0.100. The Hall–Kier alpha value is -2.94. The van der Waals surface area contributed by atoms with Crippen molar-refractivity contribution in [2.75, 3.05) is 0 Å². The molecule has 0 saturated heterocycles. The van der Waals surface area contributed by atoms with Crippen LogP contribution in [0.15, 0.2) is 72.3 Å². The Morgan fingerprint density at radius 2 is 1.78 bits per heavy atom. The van der Waals surface area contributed by atoms with Gasteiger partial charge in [0, 0.05) is 29.5 Å². The number of ketones is 2. The average molecular weight is 304 g/mol. The van der Waals surface area contributed by atoms with Crippen LogP contribution < -0.4 is 0 Å². The Morgan fingerprint density at radius 1 is 1.00 bits per heavy atom. The molecule has 23 heavy (non-hydrogen) atoms. The lowest BCUT2D eigenvalue weighted by Crippen LogP contribution is -2.07. The largest absolute Gasteiger partial charge is 0.508 e. The first kappa shape index (κ1) is 15.0. The molecule has 1 aliphatic carbocycles. The zero-order valence-corrected chi connectivity index (χ0v) is 12.5. The summed E-state index contributed by atoms with van der Waals surface area (Å²) in [5, 5.41) is 10.2. The molecule has 3 heteroatoms. The van der Waals surface area contributed by atoms with E-state index in [2.05, 4.69) is 0 Å². The number of allylic oxidation sites excluding steroid dienone is 4. The highest BCUT2D eigenvalue weighted by atomic mass is 16.3. The Balaban J connectivity index is 1.96. The topological polar surface area (TPSA) is 54.4 Å². The quantitative estimate of drug-likeness (QED) is 0.878. The van der Waals surface area contributed by atoms with E-state index in [0.29, 0.717) is 29.5 Å². The maximum absolute atomic E-state index is 12.7. The van der Waals surface area contributed by atoms with Crippen LogP contribution in [0.1, 0.15) is 27.9 Å². The average Bonchev–Trinajstić information content (AvgIpc) is 2.59. The van der Waals surface area contributed by atoms with Crippen LogP contribution >= 0.6 is 0 Å². The predicted molar refractivity (Wildman–Crippen MR) is 88.5 cm³/mol. The molecular formula is C20H16O3. The summed E-state index contributed by atoms with van der Waals surface area (Å²) in [7, 11) is 0. The van der Waals surface area contributed by atoms with Crippen molar-refractivity contribution in [1.29, 1.82) is 0 Å². The van der Waals surface area contributed by atoms with Gasteiger partial charge in [-0.1, -0.05) is 54.6 Å². The van der Waals surface area contributed by atoms with Crippen LogP contribution in [0.4, 0.5) is 0 Å². The number of benzene rings is 2. The van der Waals surface area contributed by atoms with E-state index in [4.69, 9.17) is 0 Å². The van der Waals surface area contributed by atoms with E-state index >= 15 is 0 Å². The number of carbonyl (C=O) groups excluding carboxylic acids is 2. The first-order chi connectivity index (χ1) is 11.1. The minimum atomic E-state index is -0.118. The molecule has 3 nitrogen and oxygen atoms in total. The molecule has 0 aromatic heterocycles. The van der Waals surface area contributed by atoms with Gasteiger partial charge in [0.1, 0.15) is 5.75 Å². The van der Waals surface area contributed by atoms with E-state index in [1.807, 2.05) is 24.3 Å². The van der Waals surface area contributed by atoms with Gasteiger partial charge in [0.2, 0.25) is 0 Å². The lowest BCUT2D eigenvalue weighted by molar-refractivity contribution is -0.113. The van der Waals surface area contributed by atoms with Crippen molar-refractivity contribution in [3.63, 3.8) is 0 Å². The van der Waals surface area contributed by atoms with Crippen molar-refractivity contribution in [2.24, 2.45) is 0 Å². The Labute approximate surface area is 134 Å². The molecule has 0 radical (unpaired) electrons.